The van der Waals surface area contributed by atoms with E-state index in [9.17, 15) is 14.4 Å². The van der Waals surface area contributed by atoms with Crippen LogP contribution in [0.25, 0.3) is 0 Å². The molecule has 2 aromatic carbocycles. The molecule has 0 saturated heterocycles. The fourth-order valence-electron chi connectivity index (χ4n) is 4.87. The number of hydrogen-bond acceptors (Lipinski definition) is 6. The van der Waals surface area contributed by atoms with E-state index in [1.807, 2.05) is 32.9 Å². The molecule has 232 valence electrons. The Bertz CT molecular complexity index is 1250. The van der Waals surface area contributed by atoms with Gasteiger partial charge in [0, 0.05) is 6.54 Å². The van der Waals surface area contributed by atoms with Gasteiger partial charge in [0.05, 0.1) is 5.56 Å². The Balaban J connectivity index is 2.04. The van der Waals surface area contributed by atoms with Crippen LogP contribution in [-0.2, 0) is 36.4 Å². The van der Waals surface area contributed by atoms with Crippen LogP contribution in [0, 0.1) is 5.82 Å². The summed E-state index contributed by atoms with van der Waals surface area (Å²) in [5.41, 5.74) is 0.994. The van der Waals surface area contributed by atoms with Crippen LogP contribution in [0.3, 0.4) is 0 Å². The number of hydrogen-bond donors (Lipinski definition) is 2. The lowest BCUT2D eigenvalue weighted by Crippen LogP contribution is -2.38. The molecule has 0 spiro atoms. The summed E-state index contributed by atoms with van der Waals surface area (Å²) >= 11 is 0. The molecule has 2 N–H and O–H groups in total. The summed E-state index contributed by atoms with van der Waals surface area (Å²) < 4.78 is 25.7. The van der Waals surface area contributed by atoms with E-state index in [1.165, 1.54) is 12.1 Å². The van der Waals surface area contributed by atoms with Gasteiger partial charge in [-0.1, -0.05) is 58.0 Å². The molecular formula is C34H49FN2O5. The number of nitrogens with one attached hydrogen (secondary N) is 2. The Morgan fingerprint density at radius 3 is 1.83 bits per heavy atom. The highest BCUT2D eigenvalue weighted by atomic mass is 19.1. The quantitative estimate of drug-likeness (QED) is 0.299. The van der Waals surface area contributed by atoms with Gasteiger partial charge in [-0.15, -0.1) is 0 Å². The summed E-state index contributed by atoms with van der Waals surface area (Å²) in [4.78, 5) is 36.7. The van der Waals surface area contributed by atoms with Crippen LogP contribution in [-0.4, -0.2) is 41.6 Å². The van der Waals surface area contributed by atoms with E-state index in [1.54, 1.807) is 33.8 Å². The van der Waals surface area contributed by atoms with Gasteiger partial charge in [0.25, 0.3) is 5.91 Å². The summed E-state index contributed by atoms with van der Waals surface area (Å²) in [6.07, 6.45) is 0.719. The van der Waals surface area contributed by atoms with Crippen molar-refractivity contribution in [2.45, 2.75) is 117 Å². The first-order chi connectivity index (χ1) is 19.1. The molecule has 0 aliphatic carbocycles. The predicted molar refractivity (Wildman–Crippen MR) is 164 cm³/mol. The molecule has 0 aromatic heterocycles. The molecule has 0 bridgehead atoms. The van der Waals surface area contributed by atoms with Crippen molar-refractivity contribution in [2.24, 2.45) is 0 Å². The predicted octanol–water partition coefficient (Wildman–Crippen LogP) is 6.36. The van der Waals surface area contributed by atoms with Crippen LogP contribution in [0.5, 0.6) is 0 Å². The molecule has 0 fully saturated rings. The lowest BCUT2D eigenvalue weighted by Gasteiger charge is -2.36. The zero-order valence-electron chi connectivity index (χ0n) is 27.2. The van der Waals surface area contributed by atoms with Gasteiger partial charge in [-0.3, -0.25) is 14.4 Å². The molecule has 2 aromatic rings. The second-order valence-corrected chi connectivity index (χ2v) is 14.2. The minimum absolute atomic E-state index is 0.123. The maximum Gasteiger partial charge on any atom is 0.325 e. The summed E-state index contributed by atoms with van der Waals surface area (Å²) in [6, 6.07) is 12.5. The normalized spacial score (nSPS) is 13.3. The molecular weight excluding hydrogens is 535 g/mol. The van der Waals surface area contributed by atoms with E-state index in [4.69, 9.17) is 9.47 Å². The maximum absolute atomic E-state index is 15.1. The third-order valence-electron chi connectivity index (χ3n) is 6.80. The van der Waals surface area contributed by atoms with E-state index < -0.39 is 40.4 Å². The number of halogens is 1. The number of carbonyl (C=O) groups excluding carboxylic acids is 3. The van der Waals surface area contributed by atoms with E-state index in [0.29, 0.717) is 6.54 Å². The number of carbonyl (C=O) groups is 3. The van der Waals surface area contributed by atoms with Crippen molar-refractivity contribution >= 4 is 17.8 Å². The van der Waals surface area contributed by atoms with Crippen LogP contribution >= 0.6 is 0 Å². The van der Waals surface area contributed by atoms with E-state index >= 15 is 4.39 Å². The van der Waals surface area contributed by atoms with Crippen LogP contribution in [0.1, 0.15) is 110 Å². The van der Waals surface area contributed by atoms with Crippen molar-refractivity contribution in [1.29, 1.82) is 0 Å². The first kappa shape index (κ1) is 34.9. The van der Waals surface area contributed by atoms with Crippen molar-refractivity contribution in [3.05, 3.63) is 70.5 Å². The molecule has 42 heavy (non-hydrogen) atoms. The van der Waals surface area contributed by atoms with Gasteiger partial charge in [0.15, 0.2) is 0 Å². The van der Waals surface area contributed by atoms with Crippen molar-refractivity contribution in [2.75, 3.05) is 6.54 Å². The largest absolute Gasteiger partial charge is 0.459 e. The second kappa shape index (κ2) is 13.4. The van der Waals surface area contributed by atoms with Gasteiger partial charge < -0.3 is 20.1 Å². The van der Waals surface area contributed by atoms with Gasteiger partial charge in [-0.2, -0.15) is 0 Å². The highest BCUT2D eigenvalue weighted by molar-refractivity contribution is 5.96. The Kier molecular flexibility index (Phi) is 11.1. The fraction of sp³-hybridized carbons (Fsp3) is 0.559. The van der Waals surface area contributed by atoms with Crippen molar-refractivity contribution in [1.82, 2.24) is 10.6 Å². The molecule has 7 nitrogen and oxygen atoms in total. The zero-order valence-corrected chi connectivity index (χ0v) is 27.2. The number of amides is 1. The summed E-state index contributed by atoms with van der Waals surface area (Å²) in [7, 11) is 0. The molecule has 1 unspecified atom stereocenters. The maximum atomic E-state index is 15.1. The number of ether oxygens (including phenoxy) is 2. The lowest BCUT2D eigenvalue weighted by atomic mass is 9.68. The Morgan fingerprint density at radius 1 is 0.786 bits per heavy atom. The molecule has 0 radical (unpaired) electrons. The van der Waals surface area contributed by atoms with Gasteiger partial charge in [-0.25, -0.2) is 4.39 Å². The molecule has 0 heterocycles. The van der Waals surface area contributed by atoms with Crippen LogP contribution < -0.4 is 10.6 Å². The van der Waals surface area contributed by atoms with Gasteiger partial charge in [0.1, 0.15) is 29.6 Å². The highest BCUT2D eigenvalue weighted by Gasteiger charge is 2.32. The summed E-state index contributed by atoms with van der Waals surface area (Å²) in [6.45, 7) is 21.2. The monoisotopic (exact) mass is 584 g/mol. The third kappa shape index (κ3) is 10.9. The van der Waals surface area contributed by atoms with Gasteiger partial charge in [-0.05, 0) is 94.5 Å². The average Bonchev–Trinajstić information content (AvgIpc) is 2.83. The van der Waals surface area contributed by atoms with E-state index in [-0.39, 0.29) is 23.5 Å². The minimum atomic E-state index is -0.671. The van der Waals surface area contributed by atoms with Crippen LogP contribution in [0.2, 0.25) is 0 Å². The van der Waals surface area contributed by atoms with Crippen molar-refractivity contribution < 1.29 is 28.2 Å². The van der Waals surface area contributed by atoms with Crippen molar-refractivity contribution in [3.63, 3.8) is 0 Å². The van der Waals surface area contributed by atoms with Crippen LogP contribution in [0.4, 0.5) is 4.39 Å². The topological polar surface area (TPSA) is 93.7 Å². The van der Waals surface area contributed by atoms with E-state index in [2.05, 4.69) is 50.5 Å². The zero-order chi connectivity index (χ0) is 32.1. The summed E-state index contributed by atoms with van der Waals surface area (Å²) in [5.74, 6) is -2.18. The molecule has 0 aliphatic rings. The second-order valence-electron chi connectivity index (χ2n) is 14.2. The lowest BCUT2D eigenvalue weighted by molar-refractivity contribution is -0.157. The summed E-state index contributed by atoms with van der Waals surface area (Å²) in [5, 5.41) is 5.65. The SMILES string of the molecule is CC(NCc1ccc(C(C)(C)CC(C)(C)c2ccc(C(=O)NCC(=O)OC(C)(C)C)c(F)c2)cc1)C(=O)OC(C)(C)C. The Morgan fingerprint density at radius 2 is 1.31 bits per heavy atom. The number of esters is 2. The molecule has 0 saturated carbocycles. The molecule has 2 rings (SSSR count). The van der Waals surface area contributed by atoms with Gasteiger partial charge >= 0.3 is 11.9 Å². The Hall–Kier alpha value is -3.26. The number of rotatable bonds is 11. The smallest absolute Gasteiger partial charge is 0.325 e. The third-order valence-corrected chi connectivity index (χ3v) is 6.80. The van der Waals surface area contributed by atoms with Crippen molar-refractivity contribution in [3.8, 4) is 0 Å². The molecule has 0 aliphatic heterocycles. The fourth-order valence-corrected chi connectivity index (χ4v) is 4.87. The first-order valence-corrected chi connectivity index (χ1v) is 14.5. The average molecular weight is 585 g/mol. The number of benzene rings is 2. The highest BCUT2D eigenvalue weighted by Crippen LogP contribution is 2.39. The van der Waals surface area contributed by atoms with E-state index in [0.717, 1.165) is 23.1 Å². The minimum Gasteiger partial charge on any atom is -0.459 e. The standard InChI is InChI=1S/C34H49FN2O5/c1-22(30(40)42-32(5,6)7)36-19-23-12-14-24(15-13-23)33(8,9)21-34(10,11)25-16-17-26(27(35)18-25)29(39)37-20-28(38)41-31(2,3)4/h12-18,22,36H,19-21H2,1-11H3,(H,37,39). The van der Waals surface area contributed by atoms with Crippen LogP contribution in [0.15, 0.2) is 42.5 Å². The Labute approximate surface area is 250 Å². The first-order valence-electron chi connectivity index (χ1n) is 14.5. The molecule has 8 heteroatoms. The molecule has 1 atom stereocenters. The van der Waals surface area contributed by atoms with Gasteiger partial charge in [0.2, 0.25) is 0 Å². The molecule has 1 amide bonds.